The maximum absolute atomic E-state index is 4.06. The molecule has 2 saturated heterocycles. The second kappa shape index (κ2) is 4.65. The lowest BCUT2D eigenvalue weighted by atomic mass is 9.94. The third-order valence-corrected chi connectivity index (χ3v) is 3.09. The summed E-state index contributed by atoms with van der Waals surface area (Å²) in [4.78, 5) is 0. The van der Waals surface area contributed by atoms with E-state index < -0.39 is 0 Å². The van der Waals surface area contributed by atoms with Crippen molar-refractivity contribution in [1.29, 1.82) is 0 Å². The molecule has 0 atom stereocenters. The third-order valence-electron chi connectivity index (χ3n) is 3.09. The minimum Gasteiger partial charge on any atom is -0.388 e. The van der Waals surface area contributed by atoms with Crippen LogP contribution in [0.5, 0.6) is 0 Å². The van der Waals surface area contributed by atoms with E-state index >= 15 is 0 Å². The molecule has 78 valence electrons. The van der Waals surface area contributed by atoms with Gasteiger partial charge in [0, 0.05) is 18.7 Å². The van der Waals surface area contributed by atoms with E-state index in [0.717, 1.165) is 25.3 Å². The molecule has 0 aromatic carbocycles. The predicted octanol–water partition coefficient (Wildman–Crippen LogP) is 1.81. The van der Waals surface area contributed by atoms with Gasteiger partial charge in [-0.15, -0.1) is 0 Å². The molecule has 2 nitrogen and oxygen atoms in total. The molecule has 0 amide bonds. The molecule has 0 aliphatic carbocycles. The molecule has 2 N–H and O–H groups in total. The van der Waals surface area contributed by atoms with E-state index in [2.05, 4.69) is 23.3 Å². The maximum Gasteiger partial charge on any atom is 0.0181 e. The summed E-state index contributed by atoms with van der Waals surface area (Å²) in [5.41, 5.74) is 2.79. The minimum absolute atomic E-state index is 0.782. The van der Waals surface area contributed by atoms with Crippen LogP contribution >= 0.6 is 0 Å². The molecule has 2 fully saturated rings. The van der Waals surface area contributed by atoms with Crippen LogP contribution in [0.4, 0.5) is 0 Å². The first-order valence-corrected chi connectivity index (χ1v) is 5.66. The molecule has 2 aliphatic rings. The van der Waals surface area contributed by atoms with Crippen molar-refractivity contribution >= 4 is 0 Å². The summed E-state index contributed by atoms with van der Waals surface area (Å²) in [5.74, 6) is 0.782. The van der Waals surface area contributed by atoms with Gasteiger partial charge in [-0.25, -0.2) is 0 Å². The monoisotopic (exact) mass is 192 g/mol. The number of rotatable bonds is 1. The highest BCUT2D eigenvalue weighted by atomic mass is 14.9. The second-order valence-corrected chi connectivity index (χ2v) is 4.38. The third kappa shape index (κ3) is 2.61. The van der Waals surface area contributed by atoms with Gasteiger partial charge in [0.25, 0.3) is 0 Å². The fourth-order valence-corrected chi connectivity index (χ4v) is 2.23. The SMILES string of the molecule is C=C1CCNC(=CC2CCNCC2)C1. The number of hydrogen-bond acceptors (Lipinski definition) is 2. The van der Waals surface area contributed by atoms with Crippen molar-refractivity contribution < 1.29 is 0 Å². The van der Waals surface area contributed by atoms with E-state index in [4.69, 9.17) is 0 Å². The number of allylic oxidation sites excluding steroid dienone is 2. The molecule has 2 rings (SSSR count). The van der Waals surface area contributed by atoms with Gasteiger partial charge >= 0.3 is 0 Å². The molecule has 14 heavy (non-hydrogen) atoms. The molecule has 2 aliphatic heterocycles. The summed E-state index contributed by atoms with van der Waals surface area (Å²) in [6, 6.07) is 0. The molecule has 0 bridgehead atoms. The first-order chi connectivity index (χ1) is 6.84. The van der Waals surface area contributed by atoms with Crippen LogP contribution in [0, 0.1) is 5.92 Å². The van der Waals surface area contributed by atoms with Crippen LogP contribution in [0.25, 0.3) is 0 Å². The van der Waals surface area contributed by atoms with E-state index in [1.54, 1.807) is 0 Å². The van der Waals surface area contributed by atoms with Gasteiger partial charge in [0.1, 0.15) is 0 Å². The smallest absolute Gasteiger partial charge is 0.0181 e. The van der Waals surface area contributed by atoms with Gasteiger partial charge in [-0.3, -0.25) is 0 Å². The zero-order chi connectivity index (χ0) is 9.80. The zero-order valence-corrected chi connectivity index (χ0v) is 8.81. The lowest BCUT2D eigenvalue weighted by Crippen LogP contribution is -2.28. The molecular weight excluding hydrogens is 172 g/mol. The van der Waals surface area contributed by atoms with Crippen LogP contribution in [-0.2, 0) is 0 Å². The molecule has 0 aromatic heterocycles. The van der Waals surface area contributed by atoms with Crippen molar-refractivity contribution in [3.63, 3.8) is 0 Å². The van der Waals surface area contributed by atoms with Gasteiger partial charge in [0.15, 0.2) is 0 Å². The number of hydrogen-bond donors (Lipinski definition) is 2. The largest absolute Gasteiger partial charge is 0.388 e. The van der Waals surface area contributed by atoms with E-state index in [9.17, 15) is 0 Å². The Hall–Kier alpha value is -0.760. The molecular formula is C12H20N2. The van der Waals surface area contributed by atoms with Crippen molar-refractivity contribution in [2.75, 3.05) is 19.6 Å². The number of piperidine rings is 2. The van der Waals surface area contributed by atoms with Crippen molar-refractivity contribution in [3.05, 3.63) is 23.9 Å². The molecule has 0 saturated carbocycles. The summed E-state index contributed by atoms with van der Waals surface area (Å²) < 4.78 is 0. The molecule has 2 heteroatoms. The lowest BCUT2D eigenvalue weighted by Gasteiger charge is -2.24. The Kier molecular flexibility index (Phi) is 3.25. The van der Waals surface area contributed by atoms with Crippen LogP contribution in [0.3, 0.4) is 0 Å². The second-order valence-electron chi connectivity index (χ2n) is 4.38. The summed E-state index contributed by atoms with van der Waals surface area (Å²) in [5, 5.41) is 6.87. The van der Waals surface area contributed by atoms with E-state index in [-0.39, 0.29) is 0 Å². The topological polar surface area (TPSA) is 24.1 Å². The highest BCUT2D eigenvalue weighted by molar-refractivity contribution is 5.16. The molecule has 0 aromatic rings. The molecule has 2 heterocycles. The lowest BCUT2D eigenvalue weighted by molar-refractivity contribution is 0.432. The standard InChI is InChI=1S/C12H20N2/c1-10-2-7-14-12(8-10)9-11-3-5-13-6-4-11/h9,11,13-14H,1-8H2. The van der Waals surface area contributed by atoms with Crippen molar-refractivity contribution in [1.82, 2.24) is 10.6 Å². The average molecular weight is 192 g/mol. The predicted molar refractivity (Wildman–Crippen MR) is 60.1 cm³/mol. The van der Waals surface area contributed by atoms with Crippen molar-refractivity contribution in [2.45, 2.75) is 25.7 Å². The van der Waals surface area contributed by atoms with E-state index in [1.807, 2.05) is 0 Å². The first kappa shape index (κ1) is 9.78. The highest BCUT2D eigenvalue weighted by Crippen LogP contribution is 2.20. The van der Waals surface area contributed by atoms with Crippen LogP contribution in [-0.4, -0.2) is 19.6 Å². The van der Waals surface area contributed by atoms with Crippen LogP contribution < -0.4 is 10.6 Å². The maximum atomic E-state index is 4.06. The Bertz CT molecular complexity index is 237. The first-order valence-electron chi connectivity index (χ1n) is 5.66. The zero-order valence-electron chi connectivity index (χ0n) is 8.81. The Morgan fingerprint density at radius 2 is 2.00 bits per heavy atom. The fraction of sp³-hybridized carbons (Fsp3) is 0.667. The van der Waals surface area contributed by atoms with Gasteiger partial charge in [-0.1, -0.05) is 18.2 Å². The summed E-state index contributed by atoms with van der Waals surface area (Å²) >= 11 is 0. The Morgan fingerprint density at radius 1 is 1.21 bits per heavy atom. The van der Waals surface area contributed by atoms with Crippen molar-refractivity contribution in [2.24, 2.45) is 5.92 Å². The minimum atomic E-state index is 0.782. The van der Waals surface area contributed by atoms with Crippen LogP contribution in [0.1, 0.15) is 25.7 Å². The quantitative estimate of drug-likeness (QED) is 0.619. The molecule has 0 radical (unpaired) electrons. The normalized spacial score (nSPS) is 27.7. The van der Waals surface area contributed by atoms with E-state index in [0.29, 0.717) is 0 Å². The Morgan fingerprint density at radius 3 is 2.71 bits per heavy atom. The fourth-order valence-electron chi connectivity index (χ4n) is 2.23. The molecule has 0 unspecified atom stereocenters. The Balaban J connectivity index is 1.91. The average Bonchev–Trinajstić information content (AvgIpc) is 2.19. The van der Waals surface area contributed by atoms with Gasteiger partial charge in [0.2, 0.25) is 0 Å². The van der Waals surface area contributed by atoms with Gasteiger partial charge in [0.05, 0.1) is 0 Å². The van der Waals surface area contributed by atoms with Gasteiger partial charge in [-0.2, -0.15) is 0 Å². The summed E-state index contributed by atoms with van der Waals surface area (Å²) in [7, 11) is 0. The Labute approximate surface area is 86.5 Å². The van der Waals surface area contributed by atoms with Crippen LogP contribution in [0.15, 0.2) is 23.9 Å². The highest BCUT2D eigenvalue weighted by Gasteiger charge is 2.13. The van der Waals surface area contributed by atoms with Gasteiger partial charge < -0.3 is 10.6 Å². The van der Waals surface area contributed by atoms with Crippen LogP contribution in [0.2, 0.25) is 0 Å². The van der Waals surface area contributed by atoms with Crippen molar-refractivity contribution in [3.8, 4) is 0 Å². The number of nitrogens with one attached hydrogen (secondary N) is 2. The summed E-state index contributed by atoms with van der Waals surface area (Å²) in [6.45, 7) is 7.50. The molecule has 0 spiro atoms. The van der Waals surface area contributed by atoms with E-state index in [1.165, 1.54) is 37.2 Å². The van der Waals surface area contributed by atoms with Gasteiger partial charge in [-0.05, 0) is 38.3 Å². The summed E-state index contributed by atoms with van der Waals surface area (Å²) in [6.07, 6.45) is 7.23.